The largest absolute Gasteiger partial charge is 0.352 e. The highest BCUT2D eigenvalue weighted by Gasteiger charge is 2.32. The molecule has 4 rings (SSSR count). The summed E-state index contributed by atoms with van der Waals surface area (Å²) in [6, 6.07) is 12.7. The van der Waals surface area contributed by atoms with Gasteiger partial charge in [-0.1, -0.05) is 24.3 Å². The standard InChI is InChI=1S/C24H23N3O4/c1-14-12-15(2)26-22(29)19(14)13-25-20(28)10-5-11-27-23(30)17-8-3-6-16-7-4-9-18(21(16)17)24(27)31/h3-4,6-9,12H,5,10-11,13H2,1-2H3,(H,25,28)(H,26,29). The lowest BCUT2D eigenvalue weighted by molar-refractivity contribution is -0.121. The predicted octanol–water partition coefficient (Wildman–Crippen LogP) is 2.84. The van der Waals surface area contributed by atoms with Crippen molar-refractivity contribution in [3.05, 3.63) is 80.8 Å². The second-order valence-electron chi connectivity index (χ2n) is 7.79. The Morgan fingerprint density at radius 3 is 2.26 bits per heavy atom. The molecule has 0 saturated carbocycles. The molecule has 2 N–H and O–H groups in total. The molecule has 0 bridgehead atoms. The quantitative estimate of drug-likeness (QED) is 0.603. The van der Waals surface area contributed by atoms with Crippen molar-refractivity contribution < 1.29 is 14.4 Å². The van der Waals surface area contributed by atoms with E-state index >= 15 is 0 Å². The number of hydrogen-bond acceptors (Lipinski definition) is 4. The molecule has 3 amide bonds. The van der Waals surface area contributed by atoms with E-state index in [-0.39, 0.29) is 42.8 Å². The summed E-state index contributed by atoms with van der Waals surface area (Å²) in [5.41, 5.74) is 2.90. The van der Waals surface area contributed by atoms with Gasteiger partial charge in [-0.3, -0.25) is 24.1 Å². The number of nitrogens with one attached hydrogen (secondary N) is 2. The molecule has 158 valence electrons. The van der Waals surface area contributed by atoms with Gasteiger partial charge in [0.25, 0.3) is 17.4 Å². The van der Waals surface area contributed by atoms with E-state index in [1.165, 1.54) is 4.90 Å². The Bertz CT molecular complexity index is 1220. The average molecular weight is 417 g/mol. The number of hydrogen-bond donors (Lipinski definition) is 2. The van der Waals surface area contributed by atoms with E-state index in [2.05, 4.69) is 10.3 Å². The Morgan fingerprint density at radius 1 is 1.00 bits per heavy atom. The summed E-state index contributed by atoms with van der Waals surface area (Å²) in [5.74, 6) is -0.910. The van der Waals surface area contributed by atoms with E-state index in [0.29, 0.717) is 28.5 Å². The maximum Gasteiger partial charge on any atom is 0.261 e. The third-order valence-electron chi connectivity index (χ3n) is 5.60. The van der Waals surface area contributed by atoms with Crippen LogP contribution < -0.4 is 10.9 Å². The highest BCUT2D eigenvalue weighted by Crippen LogP contribution is 2.30. The van der Waals surface area contributed by atoms with Gasteiger partial charge in [0.15, 0.2) is 0 Å². The molecule has 2 heterocycles. The number of imide groups is 1. The van der Waals surface area contributed by atoms with Gasteiger partial charge >= 0.3 is 0 Å². The average Bonchev–Trinajstić information content (AvgIpc) is 2.73. The molecule has 31 heavy (non-hydrogen) atoms. The highest BCUT2D eigenvalue weighted by atomic mass is 16.2. The smallest absolute Gasteiger partial charge is 0.261 e. The molecule has 0 atom stereocenters. The van der Waals surface area contributed by atoms with Crippen LogP contribution >= 0.6 is 0 Å². The molecule has 0 unspecified atom stereocenters. The van der Waals surface area contributed by atoms with E-state index in [1.54, 1.807) is 31.2 Å². The number of aromatic amines is 1. The molecule has 7 heteroatoms. The summed E-state index contributed by atoms with van der Waals surface area (Å²) in [6.07, 6.45) is 0.483. The van der Waals surface area contributed by atoms with Crippen LogP contribution in [0.15, 0.2) is 47.3 Å². The number of rotatable bonds is 6. The van der Waals surface area contributed by atoms with E-state index in [0.717, 1.165) is 16.6 Å². The molecule has 0 fully saturated rings. The van der Waals surface area contributed by atoms with E-state index in [1.807, 2.05) is 25.1 Å². The SMILES string of the molecule is Cc1cc(C)c(CNC(=O)CCCN2C(=O)c3cccc4cccc(c34)C2=O)c(=O)[nH]1. The number of nitrogens with zero attached hydrogens (tertiary/aromatic N) is 1. The van der Waals surface area contributed by atoms with Crippen LogP contribution in [-0.4, -0.2) is 34.2 Å². The lowest BCUT2D eigenvalue weighted by atomic mass is 9.94. The Balaban J connectivity index is 1.38. The minimum Gasteiger partial charge on any atom is -0.352 e. The van der Waals surface area contributed by atoms with Crippen molar-refractivity contribution in [2.75, 3.05) is 6.54 Å². The monoisotopic (exact) mass is 417 g/mol. The van der Waals surface area contributed by atoms with Gasteiger partial charge in [0, 0.05) is 47.3 Å². The fraction of sp³-hybridized carbons (Fsp3) is 0.250. The fourth-order valence-electron chi connectivity index (χ4n) is 4.06. The second-order valence-corrected chi connectivity index (χ2v) is 7.79. The molecule has 0 aliphatic carbocycles. The lowest BCUT2D eigenvalue weighted by Crippen LogP contribution is -2.41. The molecular weight excluding hydrogens is 394 g/mol. The van der Waals surface area contributed by atoms with Crippen LogP contribution in [-0.2, 0) is 11.3 Å². The van der Waals surface area contributed by atoms with Crippen LogP contribution in [0.5, 0.6) is 0 Å². The van der Waals surface area contributed by atoms with Crippen molar-refractivity contribution in [1.29, 1.82) is 0 Å². The molecule has 7 nitrogen and oxygen atoms in total. The van der Waals surface area contributed by atoms with Crippen LogP contribution in [0, 0.1) is 13.8 Å². The predicted molar refractivity (Wildman–Crippen MR) is 117 cm³/mol. The first-order valence-electron chi connectivity index (χ1n) is 10.2. The number of benzene rings is 2. The zero-order valence-electron chi connectivity index (χ0n) is 17.5. The van der Waals surface area contributed by atoms with Gasteiger partial charge in [0.1, 0.15) is 0 Å². The Morgan fingerprint density at radius 2 is 1.65 bits per heavy atom. The number of aryl methyl sites for hydroxylation is 2. The number of H-pyrrole nitrogens is 1. The third kappa shape index (κ3) is 3.86. The summed E-state index contributed by atoms with van der Waals surface area (Å²) in [6.45, 7) is 3.92. The molecule has 2 aromatic carbocycles. The summed E-state index contributed by atoms with van der Waals surface area (Å²) in [4.78, 5) is 54.0. The molecular formula is C24H23N3O4. The van der Waals surface area contributed by atoms with Crippen LogP contribution in [0.2, 0.25) is 0 Å². The normalized spacial score (nSPS) is 13.0. The van der Waals surface area contributed by atoms with Gasteiger partial charge in [-0.25, -0.2) is 0 Å². The number of aromatic nitrogens is 1. The van der Waals surface area contributed by atoms with Crippen molar-refractivity contribution in [3.63, 3.8) is 0 Å². The zero-order chi connectivity index (χ0) is 22.1. The van der Waals surface area contributed by atoms with Gasteiger partial charge in [0.05, 0.1) is 0 Å². The van der Waals surface area contributed by atoms with Crippen molar-refractivity contribution in [2.24, 2.45) is 0 Å². The second kappa shape index (κ2) is 8.18. The summed E-state index contributed by atoms with van der Waals surface area (Å²) >= 11 is 0. The third-order valence-corrected chi connectivity index (χ3v) is 5.60. The summed E-state index contributed by atoms with van der Waals surface area (Å²) in [5, 5.41) is 4.29. The van der Waals surface area contributed by atoms with E-state index < -0.39 is 0 Å². The molecule has 1 aliphatic rings. The van der Waals surface area contributed by atoms with Crippen LogP contribution in [0.4, 0.5) is 0 Å². The van der Waals surface area contributed by atoms with Gasteiger partial charge in [-0.05, 0) is 49.4 Å². The van der Waals surface area contributed by atoms with Crippen molar-refractivity contribution in [3.8, 4) is 0 Å². The Hall–Kier alpha value is -3.74. The fourth-order valence-corrected chi connectivity index (χ4v) is 4.06. The zero-order valence-corrected chi connectivity index (χ0v) is 17.5. The van der Waals surface area contributed by atoms with Crippen molar-refractivity contribution in [2.45, 2.75) is 33.2 Å². The topological polar surface area (TPSA) is 99.3 Å². The maximum atomic E-state index is 12.9. The van der Waals surface area contributed by atoms with Crippen LogP contribution in [0.1, 0.15) is 50.4 Å². The van der Waals surface area contributed by atoms with E-state index in [4.69, 9.17) is 0 Å². The van der Waals surface area contributed by atoms with Crippen LogP contribution in [0.3, 0.4) is 0 Å². The summed E-state index contributed by atoms with van der Waals surface area (Å²) < 4.78 is 0. The number of amides is 3. The van der Waals surface area contributed by atoms with Crippen molar-refractivity contribution >= 4 is 28.5 Å². The maximum absolute atomic E-state index is 12.9. The lowest BCUT2D eigenvalue weighted by Gasteiger charge is -2.27. The van der Waals surface area contributed by atoms with Gasteiger partial charge in [0.2, 0.25) is 5.91 Å². The molecule has 0 radical (unpaired) electrons. The van der Waals surface area contributed by atoms with Crippen LogP contribution in [0.25, 0.3) is 10.8 Å². The minimum absolute atomic E-state index is 0.136. The first-order valence-corrected chi connectivity index (χ1v) is 10.2. The molecule has 1 aromatic heterocycles. The molecule has 0 saturated heterocycles. The number of carbonyl (C=O) groups excluding carboxylic acids is 3. The Labute approximate surface area is 179 Å². The van der Waals surface area contributed by atoms with Gasteiger partial charge in [-0.2, -0.15) is 0 Å². The molecule has 3 aromatic rings. The minimum atomic E-state index is -0.337. The summed E-state index contributed by atoms with van der Waals surface area (Å²) in [7, 11) is 0. The van der Waals surface area contributed by atoms with Crippen molar-refractivity contribution in [1.82, 2.24) is 15.2 Å². The Kier molecular flexibility index (Phi) is 5.42. The number of carbonyl (C=O) groups is 3. The molecule has 0 spiro atoms. The van der Waals surface area contributed by atoms with E-state index in [9.17, 15) is 19.2 Å². The van der Waals surface area contributed by atoms with Gasteiger partial charge < -0.3 is 10.3 Å². The first kappa shape index (κ1) is 20.5. The first-order chi connectivity index (χ1) is 14.9. The highest BCUT2D eigenvalue weighted by molar-refractivity contribution is 6.25. The van der Waals surface area contributed by atoms with Gasteiger partial charge in [-0.15, -0.1) is 0 Å². The molecule has 1 aliphatic heterocycles. The number of pyridine rings is 1.